The van der Waals surface area contributed by atoms with E-state index in [1.807, 2.05) is 0 Å². The quantitative estimate of drug-likeness (QED) is 0.535. The highest BCUT2D eigenvalue weighted by atomic mass is 15.1. The first kappa shape index (κ1) is 13.4. The predicted octanol–water partition coefficient (Wildman–Crippen LogP) is 3.63. The molecule has 0 heterocycles. The smallest absolute Gasteiger partial charge is 0.0190 e. The fourth-order valence-electron chi connectivity index (χ4n) is 1.68. The first-order valence-electron chi connectivity index (χ1n) is 5.62. The lowest BCUT2D eigenvalue weighted by Crippen LogP contribution is -2.23. The Kier molecular flexibility index (Phi) is 7.50. The molecule has 0 saturated heterocycles. The van der Waals surface area contributed by atoms with Crippen LogP contribution in [-0.2, 0) is 0 Å². The molecule has 0 spiro atoms. The number of hydrogen-bond acceptors (Lipinski definition) is 1. The molecule has 0 radical (unpaired) electrons. The van der Waals surface area contributed by atoms with Crippen LogP contribution >= 0.6 is 0 Å². The van der Waals surface area contributed by atoms with Crippen molar-refractivity contribution < 1.29 is 0 Å². The third-order valence-electron chi connectivity index (χ3n) is 2.19. The minimum absolute atomic E-state index is 1.01. The van der Waals surface area contributed by atoms with Crippen molar-refractivity contribution in [1.82, 2.24) is 4.90 Å². The molecule has 0 aromatic rings. The van der Waals surface area contributed by atoms with Gasteiger partial charge in [0.25, 0.3) is 0 Å². The molecule has 1 nitrogen and oxygen atoms in total. The molecule has 0 aromatic carbocycles. The van der Waals surface area contributed by atoms with Crippen LogP contribution in [0.15, 0.2) is 24.3 Å². The molecule has 0 aliphatic heterocycles. The topological polar surface area (TPSA) is 3.24 Å². The largest absolute Gasteiger partial charge is 0.299 e. The van der Waals surface area contributed by atoms with Crippen LogP contribution in [0.1, 0.15) is 39.5 Å². The summed E-state index contributed by atoms with van der Waals surface area (Å²) in [6, 6.07) is 0. The summed E-state index contributed by atoms with van der Waals surface area (Å²) in [7, 11) is 2.14. The SMILES string of the molecule is C=C(CCC)CN(C)CC(=C)CCC. The summed E-state index contributed by atoms with van der Waals surface area (Å²) in [5.41, 5.74) is 2.67. The molecule has 0 N–H and O–H groups in total. The normalized spacial score (nSPS) is 10.6. The molecule has 0 unspecified atom stereocenters. The Morgan fingerprint density at radius 1 is 0.929 bits per heavy atom. The van der Waals surface area contributed by atoms with Gasteiger partial charge in [-0.1, -0.05) is 51.0 Å². The molecule has 0 bridgehead atoms. The third-order valence-corrected chi connectivity index (χ3v) is 2.19. The molecule has 0 atom stereocenters. The molecule has 0 aliphatic carbocycles. The van der Waals surface area contributed by atoms with Gasteiger partial charge in [-0.05, 0) is 19.9 Å². The van der Waals surface area contributed by atoms with Gasteiger partial charge in [-0.2, -0.15) is 0 Å². The van der Waals surface area contributed by atoms with Crippen LogP contribution < -0.4 is 0 Å². The van der Waals surface area contributed by atoms with Crippen LogP contribution in [0.2, 0.25) is 0 Å². The summed E-state index contributed by atoms with van der Waals surface area (Å²) in [5.74, 6) is 0. The monoisotopic (exact) mass is 195 g/mol. The van der Waals surface area contributed by atoms with Crippen molar-refractivity contribution >= 4 is 0 Å². The van der Waals surface area contributed by atoms with E-state index in [1.54, 1.807) is 0 Å². The number of nitrogens with zero attached hydrogens (tertiary/aromatic N) is 1. The number of likely N-dealkylation sites (N-methyl/N-ethyl adjacent to an activating group) is 1. The van der Waals surface area contributed by atoms with Crippen LogP contribution in [0.5, 0.6) is 0 Å². The van der Waals surface area contributed by atoms with Crippen molar-refractivity contribution in [3.8, 4) is 0 Å². The van der Waals surface area contributed by atoms with Gasteiger partial charge >= 0.3 is 0 Å². The standard InChI is InChI=1S/C13H25N/c1-6-8-12(3)10-14(5)11-13(4)9-7-2/h3-4,6-11H2,1-2,5H3. The van der Waals surface area contributed by atoms with Crippen LogP contribution in [0.25, 0.3) is 0 Å². The first-order chi connectivity index (χ1) is 6.60. The molecular weight excluding hydrogens is 170 g/mol. The second-order valence-electron chi connectivity index (χ2n) is 4.17. The summed E-state index contributed by atoms with van der Waals surface area (Å²) >= 11 is 0. The predicted molar refractivity (Wildman–Crippen MR) is 65.6 cm³/mol. The van der Waals surface area contributed by atoms with E-state index < -0.39 is 0 Å². The molecule has 0 rings (SSSR count). The minimum Gasteiger partial charge on any atom is -0.299 e. The second-order valence-corrected chi connectivity index (χ2v) is 4.17. The van der Waals surface area contributed by atoms with E-state index in [2.05, 4.69) is 39.0 Å². The van der Waals surface area contributed by atoms with Crippen molar-refractivity contribution in [3.63, 3.8) is 0 Å². The fourth-order valence-corrected chi connectivity index (χ4v) is 1.68. The van der Waals surface area contributed by atoms with Gasteiger partial charge in [-0.15, -0.1) is 0 Å². The number of hydrogen-bond donors (Lipinski definition) is 0. The molecular formula is C13H25N. The summed E-state index contributed by atoms with van der Waals surface area (Å²) in [4.78, 5) is 2.30. The Hall–Kier alpha value is -0.560. The highest BCUT2D eigenvalue weighted by molar-refractivity contribution is 5.01. The van der Waals surface area contributed by atoms with Crippen molar-refractivity contribution in [2.24, 2.45) is 0 Å². The molecule has 1 heteroatoms. The van der Waals surface area contributed by atoms with E-state index in [1.165, 1.54) is 24.0 Å². The Labute approximate surface area is 89.5 Å². The van der Waals surface area contributed by atoms with Gasteiger partial charge in [-0.3, -0.25) is 4.90 Å². The van der Waals surface area contributed by atoms with E-state index in [4.69, 9.17) is 0 Å². The Bertz CT molecular complexity index is 162. The van der Waals surface area contributed by atoms with Crippen LogP contribution in [-0.4, -0.2) is 25.0 Å². The summed E-state index contributed by atoms with van der Waals surface area (Å²) in [6.45, 7) is 14.5. The summed E-state index contributed by atoms with van der Waals surface area (Å²) < 4.78 is 0. The van der Waals surface area contributed by atoms with E-state index in [0.29, 0.717) is 0 Å². The van der Waals surface area contributed by atoms with Crippen LogP contribution in [0.3, 0.4) is 0 Å². The lowest BCUT2D eigenvalue weighted by Gasteiger charge is -2.19. The van der Waals surface area contributed by atoms with Crippen molar-refractivity contribution in [2.45, 2.75) is 39.5 Å². The second kappa shape index (κ2) is 7.81. The lowest BCUT2D eigenvalue weighted by molar-refractivity contribution is 0.385. The van der Waals surface area contributed by atoms with Crippen molar-refractivity contribution in [3.05, 3.63) is 24.3 Å². The maximum absolute atomic E-state index is 4.07. The van der Waals surface area contributed by atoms with Gasteiger partial charge < -0.3 is 0 Å². The van der Waals surface area contributed by atoms with Gasteiger partial charge in [0.05, 0.1) is 0 Å². The van der Waals surface area contributed by atoms with Crippen molar-refractivity contribution in [2.75, 3.05) is 20.1 Å². The minimum atomic E-state index is 1.01. The average Bonchev–Trinajstić information content (AvgIpc) is 2.03. The van der Waals surface area contributed by atoms with E-state index in [0.717, 1.165) is 25.9 Å². The zero-order chi connectivity index (χ0) is 11.0. The molecule has 0 aliphatic rings. The Morgan fingerprint density at radius 3 is 1.57 bits per heavy atom. The Morgan fingerprint density at radius 2 is 1.29 bits per heavy atom. The molecule has 0 fully saturated rings. The summed E-state index contributed by atoms with van der Waals surface area (Å²) in [6.07, 6.45) is 4.68. The average molecular weight is 195 g/mol. The molecule has 82 valence electrons. The summed E-state index contributed by atoms with van der Waals surface area (Å²) in [5, 5.41) is 0. The zero-order valence-electron chi connectivity index (χ0n) is 10.1. The molecule has 0 aromatic heterocycles. The fraction of sp³-hybridized carbons (Fsp3) is 0.692. The molecule has 0 saturated carbocycles. The van der Waals surface area contributed by atoms with Gasteiger partial charge in [0.15, 0.2) is 0 Å². The lowest BCUT2D eigenvalue weighted by atomic mass is 10.1. The van der Waals surface area contributed by atoms with E-state index in [-0.39, 0.29) is 0 Å². The van der Waals surface area contributed by atoms with Gasteiger partial charge in [0, 0.05) is 13.1 Å². The third kappa shape index (κ3) is 6.90. The van der Waals surface area contributed by atoms with Crippen LogP contribution in [0.4, 0.5) is 0 Å². The number of rotatable bonds is 8. The van der Waals surface area contributed by atoms with Gasteiger partial charge in [0.2, 0.25) is 0 Å². The zero-order valence-corrected chi connectivity index (χ0v) is 10.1. The van der Waals surface area contributed by atoms with E-state index in [9.17, 15) is 0 Å². The van der Waals surface area contributed by atoms with Crippen LogP contribution in [0, 0.1) is 0 Å². The van der Waals surface area contributed by atoms with Crippen molar-refractivity contribution in [1.29, 1.82) is 0 Å². The maximum Gasteiger partial charge on any atom is 0.0190 e. The van der Waals surface area contributed by atoms with Gasteiger partial charge in [-0.25, -0.2) is 0 Å². The molecule has 0 amide bonds. The molecule has 14 heavy (non-hydrogen) atoms. The highest BCUT2D eigenvalue weighted by Gasteiger charge is 2.02. The highest BCUT2D eigenvalue weighted by Crippen LogP contribution is 2.07. The maximum atomic E-state index is 4.07. The van der Waals surface area contributed by atoms with Gasteiger partial charge in [0.1, 0.15) is 0 Å². The van der Waals surface area contributed by atoms with E-state index >= 15 is 0 Å². The first-order valence-corrected chi connectivity index (χ1v) is 5.62. The Balaban J connectivity index is 3.68.